The highest BCUT2D eigenvalue weighted by Gasteiger charge is 2.33. The van der Waals surface area contributed by atoms with Crippen LogP contribution in [0, 0.1) is 28.9 Å². The van der Waals surface area contributed by atoms with Gasteiger partial charge in [-0.15, -0.1) is 0 Å². The number of rotatable bonds is 3. The van der Waals surface area contributed by atoms with Gasteiger partial charge >= 0.3 is 0 Å². The molecule has 1 aliphatic rings. The summed E-state index contributed by atoms with van der Waals surface area (Å²) >= 11 is 0. The van der Waals surface area contributed by atoms with Crippen molar-refractivity contribution in [3.63, 3.8) is 0 Å². The van der Waals surface area contributed by atoms with E-state index < -0.39 is 17.4 Å². The fraction of sp³-hybridized carbons (Fsp3) is 0.429. The molecule has 0 aromatic heterocycles. The molecule has 1 aliphatic heterocycles. The normalized spacial score (nSPS) is 22.0. The van der Waals surface area contributed by atoms with Gasteiger partial charge in [-0.05, 0) is 13.5 Å². The Bertz CT molecular complexity index is 577. The Kier molecular flexibility index (Phi) is 4.38. The molecule has 1 fully saturated rings. The molecule has 7 heteroatoms. The number of nitrogens with zero attached hydrogens (tertiary/aromatic N) is 2. The van der Waals surface area contributed by atoms with Crippen molar-refractivity contribution >= 4 is 5.91 Å². The Morgan fingerprint density at radius 1 is 1.57 bits per heavy atom. The van der Waals surface area contributed by atoms with Gasteiger partial charge < -0.3 is 10.4 Å². The van der Waals surface area contributed by atoms with Crippen molar-refractivity contribution in [2.75, 3.05) is 13.6 Å². The standard InChI is InChI=1S/C14H15F2N3O2/c1-19-7-8(2-10(19)5-17)14(21)18-6-11-12(16)3-9(15)4-13(11)20/h3-4,8,10,20H,2,6-7H2,1H3,(H,18,21). The van der Waals surface area contributed by atoms with Gasteiger partial charge in [0.15, 0.2) is 0 Å². The highest BCUT2D eigenvalue weighted by Crippen LogP contribution is 2.23. The molecule has 1 heterocycles. The Balaban J connectivity index is 1.98. The minimum absolute atomic E-state index is 0.159. The van der Waals surface area contributed by atoms with Gasteiger partial charge in [0.25, 0.3) is 0 Å². The zero-order valence-corrected chi connectivity index (χ0v) is 11.4. The first-order valence-electron chi connectivity index (χ1n) is 6.46. The van der Waals surface area contributed by atoms with Crippen molar-refractivity contribution in [1.82, 2.24) is 10.2 Å². The van der Waals surface area contributed by atoms with E-state index in [0.717, 1.165) is 6.07 Å². The first-order valence-corrected chi connectivity index (χ1v) is 6.46. The predicted octanol–water partition coefficient (Wildman–Crippen LogP) is 1.13. The van der Waals surface area contributed by atoms with E-state index in [1.807, 2.05) is 0 Å². The van der Waals surface area contributed by atoms with Gasteiger partial charge in [0.05, 0.1) is 18.0 Å². The van der Waals surface area contributed by atoms with Gasteiger partial charge in [-0.25, -0.2) is 8.78 Å². The third-order valence-electron chi connectivity index (χ3n) is 3.64. The van der Waals surface area contributed by atoms with Crippen molar-refractivity contribution in [1.29, 1.82) is 5.26 Å². The second-order valence-corrected chi connectivity index (χ2v) is 5.12. The molecule has 1 saturated heterocycles. The molecule has 2 atom stereocenters. The molecular formula is C14H15F2N3O2. The lowest BCUT2D eigenvalue weighted by molar-refractivity contribution is -0.124. The number of hydrogen-bond acceptors (Lipinski definition) is 4. The second-order valence-electron chi connectivity index (χ2n) is 5.12. The Morgan fingerprint density at radius 3 is 2.86 bits per heavy atom. The molecular weight excluding hydrogens is 280 g/mol. The highest BCUT2D eigenvalue weighted by molar-refractivity contribution is 5.79. The number of halogens is 2. The zero-order valence-electron chi connectivity index (χ0n) is 11.4. The summed E-state index contributed by atoms with van der Waals surface area (Å²) < 4.78 is 26.4. The van der Waals surface area contributed by atoms with Gasteiger partial charge in [-0.1, -0.05) is 0 Å². The molecule has 1 aromatic rings. The van der Waals surface area contributed by atoms with E-state index >= 15 is 0 Å². The lowest BCUT2D eigenvalue weighted by Crippen LogP contribution is -2.32. The second kappa shape index (κ2) is 6.06. The highest BCUT2D eigenvalue weighted by atomic mass is 19.1. The number of nitrogens with one attached hydrogen (secondary N) is 1. The summed E-state index contributed by atoms with van der Waals surface area (Å²) in [5.41, 5.74) is -0.159. The van der Waals surface area contributed by atoms with Crippen LogP contribution >= 0.6 is 0 Å². The molecule has 21 heavy (non-hydrogen) atoms. The lowest BCUT2D eigenvalue weighted by atomic mass is 10.1. The fourth-order valence-electron chi connectivity index (χ4n) is 2.42. The maximum atomic E-state index is 13.5. The number of carbonyl (C=O) groups is 1. The smallest absolute Gasteiger partial charge is 0.224 e. The quantitative estimate of drug-likeness (QED) is 0.876. The number of hydrogen-bond donors (Lipinski definition) is 2. The van der Waals surface area contributed by atoms with Crippen LogP contribution in [-0.4, -0.2) is 35.5 Å². The number of phenolic OH excluding ortho intramolecular Hbond substituents is 1. The molecule has 112 valence electrons. The van der Waals surface area contributed by atoms with Crippen LogP contribution in [0.25, 0.3) is 0 Å². The molecule has 2 N–H and O–H groups in total. The van der Waals surface area contributed by atoms with E-state index in [1.54, 1.807) is 11.9 Å². The van der Waals surface area contributed by atoms with Crippen LogP contribution in [-0.2, 0) is 11.3 Å². The Labute approximate surface area is 120 Å². The molecule has 1 aromatic carbocycles. The average Bonchev–Trinajstić information content (AvgIpc) is 2.78. The first kappa shape index (κ1) is 15.2. The largest absolute Gasteiger partial charge is 0.507 e. The van der Waals surface area contributed by atoms with E-state index in [-0.39, 0.29) is 30.0 Å². The third-order valence-corrected chi connectivity index (χ3v) is 3.64. The van der Waals surface area contributed by atoms with E-state index in [9.17, 15) is 18.7 Å². The fourth-order valence-corrected chi connectivity index (χ4v) is 2.42. The molecule has 5 nitrogen and oxygen atoms in total. The molecule has 1 amide bonds. The summed E-state index contributed by atoms with van der Waals surface area (Å²) in [7, 11) is 1.76. The molecule has 0 bridgehead atoms. The first-order chi connectivity index (χ1) is 9.92. The van der Waals surface area contributed by atoms with Crippen molar-refractivity contribution in [3.05, 3.63) is 29.3 Å². The van der Waals surface area contributed by atoms with Crippen molar-refractivity contribution in [2.24, 2.45) is 5.92 Å². The van der Waals surface area contributed by atoms with Gasteiger partial charge in [0.1, 0.15) is 17.4 Å². The lowest BCUT2D eigenvalue weighted by Gasteiger charge is -2.12. The van der Waals surface area contributed by atoms with Crippen LogP contribution in [0.5, 0.6) is 5.75 Å². The van der Waals surface area contributed by atoms with Gasteiger partial charge in [0, 0.05) is 30.8 Å². The summed E-state index contributed by atoms with van der Waals surface area (Å²) in [6.45, 7) is 0.218. The SMILES string of the molecule is CN1CC(C(=O)NCc2c(O)cc(F)cc2F)CC1C#N. The Morgan fingerprint density at radius 2 is 2.29 bits per heavy atom. The Hall–Kier alpha value is -2.20. The summed E-state index contributed by atoms with van der Waals surface area (Å²) in [6, 6.07) is 3.23. The van der Waals surface area contributed by atoms with Crippen LogP contribution in [0.4, 0.5) is 8.78 Å². The van der Waals surface area contributed by atoms with E-state index in [4.69, 9.17) is 5.26 Å². The van der Waals surface area contributed by atoms with Crippen molar-refractivity contribution in [3.8, 4) is 11.8 Å². The molecule has 2 unspecified atom stereocenters. The number of nitriles is 1. The van der Waals surface area contributed by atoms with E-state index in [1.165, 1.54) is 0 Å². The van der Waals surface area contributed by atoms with Gasteiger partial charge in [0.2, 0.25) is 5.91 Å². The molecule has 0 saturated carbocycles. The summed E-state index contributed by atoms with van der Waals surface area (Å²) in [4.78, 5) is 13.8. The van der Waals surface area contributed by atoms with Gasteiger partial charge in [-0.2, -0.15) is 5.26 Å². The summed E-state index contributed by atoms with van der Waals surface area (Å²) in [6.07, 6.45) is 0.413. The number of likely N-dealkylation sites (tertiary alicyclic amines) is 1. The summed E-state index contributed by atoms with van der Waals surface area (Å²) in [5.74, 6) is -3.00. The van der Waals surface area contributed by atoms with Crippen LogP contribution in [0.1, 0.15) is 12.0 Å². The summed E-state index contributed by atoms with van der Waals surface area (Å²) in [5, 5.41) is 20.9. The number of amides is 1. The third kappa shape index (κ3) is 3.28. The van der Waals surface area contributed by atoms with Crippen LogP contribution < -0.4 is 5.32 Å². The monoisotopic (exact) mass is 295 g/mol. The van der Waals surface area contributed by atoms with Crippen LogP contribution in [0.15, 0.2) is 12.1 Å². The maximum Gasteiger partial charge on any atom is 0.224 e. The molecule has 0 spiro atoms. The number of phenols is 1. The number of benzene rings is 1. The van der Waals surface area contributed by atoms with Gasteiger partial charge in [-0.3, -0.25) is 9.69 Å². The molecule has 0 aliphatic carbocycles. The number of carbonyl (C=O) groups excluding carboxylic acids is 1. The van der Waals surface area contributed by atoms with Crippen LogP contribution in [0.3, 0.4) is 0 Å². The average molecular weight is 295 g/mol. The van der Waals surface area contributed by atoms with E-state index in [0.29, 0.717) is 19.0 Å². The van der Waals surface area contributed by atoms with Crippen LogP contribution in [0.2, 0.25) is 0 Å². The predicted molar refractivity (Wildman–Crippen MR) is 70.0 cm³/mol. The number of aromatic hydroxyl groups is 1. The minimum atomic E-state index is -0.911. The van der Waals surface area contributed by atoms with E-state index in [2.05, 4.69) is 11.4 Å². The minimum Gasteiger partial charge on any atom is -0.507 e. The van der Waals surface area contributed by atoms with Crippen molar-refractivity contribution in [2.45, 2.75) is 19.0 Å². The zero-order chi connectivity index (χ0) is 15.6. The maximum absolute atomic E-state index is 13.5. The topological polar surface area (TPSA) is 76.4 Å². The molecule has 2 rings (SSSR count). The molecule has 0 radical (unpaired) electrons. The van der Waals surface area contributed by atoms with Crippen molar-refractivity contribution < 1.29 is 18.7 Å².